The Bertz CT molecular complexity index is 132. The summed E-state index contributed by atoms with van der Waals surface area (Å²) in [7, 11) is 1.45. The first-order valence-electron chi connectivity index (χ1n) is 3.22. The van der Waals surface area contributed by atoms with Gasteiger partial charge in [0.25, 0.3) is 0 Å². The Hall–Kier alpha value is -0.830. The molecule has 0 aromatic heterocycles. The highest BCUT2D eigenvalue weighted by Crippen LogP contribution is 1.93. The highest BCUT2D eigenvalue weighted by Gasteiger charge is 1.97. The van der Waals surface area contributed by atoms with Crippen LogP contribution in [0.15, 0.2) is 17.6 Å². The molecule has 0 aromatic rings. The molecule has 0 heterocycles. The molecule has 0 bridgehead atoms. The Labute approximate surface area is 61.3 Å². The predicted octanol–water partition coefficient (Wildman–Crippen LogP) is -0.331. The number of allylic oxidation sites excluding steroid dienone is 1. The van der Waals surface area contributed by atoms with Crippen molar-refractivity contribution in [2.45, 2.75) is 18.9 Å². The fraction of sp³-hybridized carbons (Fsp3) is 0.571. The Balaban J connectivity index is 3.61. The normalized spacial score (nSPS) is 14.8. The zero-order chi connectivity index (χ0) is 7.98. The number of hydrogen-bond donors (Lipinski definition) is 1. The summed E-state index contributed by atoms with van der Waals surface area (Å²) in [6.45, 7) is 3.52. The Morgan fingerprint density at radius 3 is 2.90 bits per heavy atom. The largest absolute Gasteiger partial charge is 0.861 e. The van der Waals surface area contributed by atoms with E-state index in [4.69, 9.17) is 5.73 Å². The molecule has 0 aromatic carbocycles. The lowest BCUT2D eigenvalue weighted by Crippen LogP contribution is -2.39. The van der Waals surface area contributed by atoms with Gasteiger partial charge in [0.05, 0.1) is 0 Å². The van der Waals surface area contributed by atoms with Crippen molar-refractivity contribution in [3.8, 4) is 0 Å². The molecule has 3 nitrogen and oxygen atoms in total. The van der Waals surface area contributed by atoms with Crippen molar-refractivity contribution >= 4 is 5.90 Å². The van der Waals surface area contributed by atoms with Crippen molar-refractivity contribution < 1.29 is 5.11 Å². The maximum Gasteiger partial charge on any atom is 0.0325 e. The maximum absolute atomic E-state index is 10.7. The molecule has 0 rings (SSSR count). The molecule has 0 spiro atoms. The molecule has 0 amide bonds. The fourth-order valence-electron chi connectivity index (χ4n) is 0.587. The van der Waals surface area contributed by atoms with Crippen LogP contribution in [0.25, 0.3) is 0 Å². The third kappa shape index (κ3) is 3.25. The van der Waals surface area contributed by atoms with Gasteiger partial charge in [-0.2, -0.15) is 0 Å². The first-order chi connectivity index (χ1) is 4.72. The molecule has 3 heteroatoms. The molecular weight excluding hydrogens is 128 g/mol. The van der Waals surface area contributed by atoms with Crippen molar-refractivity contribution in [1.82, 2.24) is 0 Å². The smallest absolute Gasteiger partial charge is 0.0325 e. The lowest BCUT2D eigenvalue weighted by Gasteiger charge is -2.16. The van der Waals surface area contributed by atoms with Crippen LogP contribution in [0.2, 0.25) is 0 Å². The number of nitrogens with zero attached hydrogens (tertiary/aromatic N) is 1. The summed E-state index contributed by atoms with van der Waals surface area (Å²) in [6.07, 6.45) is 3.14. The van der Waals surface area contributed by atoms with Crippen molar-refractivity contribution in [3.63, 3.8) is 0 Å². The second-order valence-corrected chi connectivity index (χ2v) is 2.03. The van der Waals surface area contributed by atoms with E-state index in [1.807, 2.05) is 0 Å². The fourth-order valence-corrected chi connectivity index (χ4v) is 0.587. The van der Waals surface area contributed by atoms with E-state index < -0.39 is 6.04 Å². The van der Waals surface area contributed by atoms with Crippen LogP contribution in [0.5, 0.6) is 0 Å². The summed E-state index contributed by atoms with van der Waals surface area (Å²) in [5.41, 5.74) is 5.42. The van der Waals surface area contributed by atoms with Gasteiger partial charge in [0.15, 0.2) is 0 Å². The van der Waals surface area contributed by atoms with Crippen molar-refractivity contribution in [3.05, 3.63) is 12.7 Å². The van der Waals surface area contributed by atoms with Crippen molar-refractivity contribution in [1.29, 1.82) is 0 Å². The highest BCUT2D eigenvalue weighted by molar-refractivity contribution is 5.76. The van der Waals surface area contributed by atoms with Gasteiger partial charge in [0, 0.05) is 13.1 Å². The minimum atomic E-state index is -0.442. The van der Waals surface area contributed by atoms with Gasteiger partial charge in [-0.3, -0.25) is 0 Å². The van der Waals surface area contributed by atoms with Gasteiger partial charge in [0.2, 0.25) is 0 Å². The lowest BCUT2D eigenvalue weighted by molar-refractivity contribution is -0.220. The van der Waals surface area contributed by atoms with Crippen LogP contribution in [0, 0.1) is 0 Å². The highest BCUT2D eigenvalue weighted by atomic mass is 16.3. The van der Waals surface area contributed by atoms with Crippen LogP contribution in [0.3, 0.4) is 0 Å². The van der Waals surface area contributed by atoms with Gasteiger partial charge >= 0.3 is 0 Å². The molecule has 1 unspecified atom stereocenters. The number of rotatable bonds is 4. The van der Waals surface area contributed by atoms with Crippen LogP contribution >= 0.6 is 0 Å². The lowest BCUT2D eigenvalue weighted by atomic mass is 10.2. The first-order valence-corrected chi connectivity index (χ1v) is 3.22. The zero-order valence-electron chi connectivity index (χ0n) is 6.21. The molecule has 0 radical (unpaired) electrons. The van der Waals surface area contributed by atoms with Crippen LogP contribution in [0.1, 0.15) is 12.8 Å². The van der Waals surface area contributed by atoms with Crippen LogP contribution < -0.4 is 10.8 Å². The van der Waals surface area contributed by atoms with E-state index in [-0.39, 0.29) is 5.90 Å². The minimum absolute atomic E-state index is 0.234. The third-order valence-electron chi connectivity index (χ3n) is 1.22. The Kier molecular flexibility index (Phi) is 4.58. The Morgan fingerprint density at radius 1 is 1.90 bits per heavy atom. The number of aliphatic imine (C=N–C) groups is 1. The second kappa shape index (κ2) is 4.99. The molecule has 0 fully saturated rings. The molecule has 2 N–H and O–H groups in total. The summed E-state index contributed by atoms with van der Waals surface area (Å²) in [4.78, 5) is 3.44. The molecular formula is C7H13N2O-. The third-order valence-corrected chi connectivity index (χ3v) is 1.22. The predicted molar refractivity (Wildman–Crippen MR) is 40.8 cm³/mol. The SMILES string of the molecule is C=CCCC(N)C([O-])=NC. The molecule has 0 saturated carbocycles. The van der Waals surface area contributed by atoms with Crippen molar-refractivity contribution in [2.75, 3.05) is 7.05 Å². The minimum Gasteiger partial charge on any atom is -0.861 e. The summed E-state index contributed by atoms with van der Waals surface area (Å²) in [5.74, 6) is -0.234. The number of nitrogens with two attached hydrogens (primary N) is 1. The van der Waals surface area contributed by atoms with E-state index in [0.717, 1.165) is 6.42 Å². The number of hydrogen-bond acceptors (Lipinski definition) is 3. The Morgan fingerprint density at radius 2 is 2.50 bits per heavy atom. The average Bonchev–Trinajstić information content (AvgIpc) is 1.98. The topological polar surface area (TPSA) is 61.4 Å². The van der Waals surface area contributed by atoms with E-state index in [9.17, 15) is 5.11 Å². The van der Waals surface area contributed by atoms with E-state index in [1.165, 1.54) is 7.05 Å². The standard InChI is InChI=1S/C7H14N2O/c1-3-4-5-6(8)7(10)9-2/h3,6H,1,4-5,8H2,2H3,(H,9,10)/p-1. The summed E-state index contributed by atoms with van der Waals surface area (Å²) in [5, 5.41) is 10.7. The quantitative estimate of drug-likeness (QED) is 0.331. The molecule has 0 aliphatic carbocycles. The van der Waals surface area contributed by atoms with Crippen LogP contribution in [0.4, 0.5) is 0 Å². The summed E-state index contributed by atoms with van der Waals surface area (Å²) < 4.78 is 0. The van der Waals surface area contributed by atoms with E-state index >= 15 is 0 Å². The van der Waals surface area contributed by atoms with E-state index in [2.05, 4.69) is 11.6 Å². The average molecular weight is 141 g/mol. The zero-order valence-corrected chi connectivity index (χ0v) is 6.21. The summed E-state index contributed by atoms with van der Waals surface area (Å²) >= 11 is 0. The first kappa shape index (κ1) is 9.17. The monoisotopic (exact) mass is 141 g/mol. The molecule has 0 aliphatic rings. The van der Waals surface area contributed by atoms with Gasteiger partial charge < -0.3 is 15.8 Å². The molecule has 10 heavy (non-hydrogen) atoms. The van der Waals surface area contributed by atoms with Crippen molar-refractivity contribution in [2.24, 2.45) is 10.7 Å². The van der Waals surface area contributed by atoms with Gasteiger partial charge in [-0.1, -0.05) is 6.08 Å². The van der Waals surface area contributed by atoms with Gasteiger partial charge in [-0.05, 0) is 18.7 Å². The molecule has 58 valence electrons. The van der Waals surface area contributed by atoms with Gasteiger partial charge in [-0.25, -0.2) is 0 Å². The van der Waals surface area contributed by atoms with E-state index in [1.54, 1.807) is 6.08 Å². The molecule has 0 aliphatic heterocycles. The van der Waals surface area contributed by atoms with Crippen LogP contribution in [-0.2, 0) is 0 Å². The van der Waals surface area contributed by atoms with Gasteiger partial charge in [0.1, 0.15) is 0 Å². The van der Waals surface area contributed by atoms with Gasteiger partial charge in [-0.15, -0.1) is 6.58 Å². The molecule has 0 saturated heterocycles. The van der Waals surface area contributed by atoms with E-state index in [0.29, 0.717) is 6.42 Å². The van der Waals surface area contributed by atoms with Crippen LogP contribution in [-0.4, -0.2) is 19.0 Å². The molecule has 1 atom stereocenters. The second-order valence-electron chi connectivity index (χ2n) is 2.03. The summed E-state index contributed by atoms with van der Waals surface area (Å²) in [6, 6.07) is -0.442. The maximum atomic E-state index is 10.7.